The van der Waals surface area contributed by atoms with Crippen molar-refractivity contribution in [2.24, 2.45) is 0 Å². The summed E-state index contributed by atoms with van der Waals surface area (Å²) in [5.41, 5.74) is 2.32. The van der Waals surface area contributed by atoms with Crippen LogP contribution < -0.4 is 5.32 Å². The Balaban J connectivity index is 1.81. The predicted molar refractivity (Wildman–Crippen MR) is 84.4 cm³/mol. The van der Waals surface area contributed by atoms with Crippen molar-refractivity contribution in [3.05, 3.63) is 58.3 Å². The molecule has 0 radical (unpaired) electrons. The van der Waals surface area contributed by atoms with Gasteiger partial charge in [-0.15, -0.1) is 0 Å². The van der Waals surface area contributed by atoms with Crippen LogP contribution in [0.3, 0.4) is 0 Å². The number of aryl methyl sites for hydroxylation is 2. The van der Waals surface area contributed by atoms with Crippen molar-refractivity contribution in [3.63, 3.8) is 0 Å². The maximum atomic E-state index is 12.8. The zero-order valence-corrected chi connectivity index (χ0v) is 13.0. The average Bonchev–Trinajstić information content (AvgIpc) is 2.58. The van der Waals surface area contributed by atoms with Crippen LogP contribution in [0, 0.1) is 11.3 Å². The number of nitrogens with one attached hydrogen (secondary N) is 1. The second-order valence-corrected chi connectivity index (χ2v) is 5.86. The Morgan fingerprint density at radius 1 is 1.17 bits per heavy atom. The fourth-order valence-electron chi connectivity index (χ4n) is 2.90. The van der Waals surface area contributed by atoms with Crippen LogP contribution in [0.1, 0.15) is 40.8 Å². The Bertz CT molecular complexity index is 791. The second kappa shape index (κ2) is 6.52. The molecule has 1 aromatic carbocycles. The molecule has 1 aliphatic carbocycles. The molecule has 0 aliphatic heterocycles. The van der Waals surface area contributed by atoms with Crippen LogP contribution in [0.25, 0.3) is 0 Å². The second-order valence-electron chi connectivity index (χ2n) is 5.86. The van der Waals surface area contributed by atoms with E-state index in [1.54, 1.807) is 6.07 Å². The van der Waals surface area contributed by atoms with E-state index < -0.39 is 11.7 Å². The van der Waals surface area contributed by atoms with Gasteiger partial charge in [-0.3, -0.25) is 0 Å². The summed E-state index contributed by atoms with van der Waals surface area (Å²) in [7, 11) is 0. The molecule has 1 aromatic heterocycles. The van der Waals surface area contributed by atoms with Crippen molar-refractivity contribution in [1.29, 1.82) is 5.26 Å². The fraction of sp³-hybridized carbons (Fsp3) is 0.333. The fourth-order valence-corrected chi connectivity index (χ4v) is 2.90. The first-order chi connectivity index (χ1) is 11.5. The number of pyridine rings is 1. The number of hydrogen-bond donors (Lipinski definition) is 1. The molecular formula is C18H16F3N3. The molecule has 0 saturated heterocycles. The van der Waals surface area contributed by atoms with E-state index in [0.717, 1.165) is 49.1 Å². The zero-order chi connectivity index (χ0) is 17.2. The molecule has 24 heavy (non-hydrogen) atoms. The van der Waals surface area contributed by atoms with Gasteiger partial charge in [0, 0.05) is 12.2 Å². The highest BCUT2D eigenvalue weighted by Crippen LogP contribution is 2.30. The van der Waals surface area contributed by atoms with Gasteiger partial charge in [-0.25, -0.2) is 4.98 Å². The number of nitriles is 1. The molecule has 0 bridgehead atoms. The lowest BCUT2D eigenvalue weighted by atomic mass is 9.95. The Hall–Kier alpha value is -2.55. The zero-order valence-electron chi connectivity index (χ0n) is 13.0. The topological polar surface area (TPSA) is 48.7 Å². The Kier molecular flexibility index (Phi) is 4.43. The summed E-state index contributed by atoms with van der Waals surface area (Å²) in [4.78, 5) is 4.51. The molecule has 3 rings (SSSR count). The molecule has 1 heterocycles. The van der Waals surface area contributed by atoms with E-state index in [4.69, 9.17) is 0 Å². The quantitative estimate of drug-likeness (QED) is 0.903. The third-order valence-electron chi connectivity index (χ3n) is 4.14. The summed E-state index contributed by atoms with van der Waals surface area (Å²) >= 11 is 0. The number of rotatable bonds is 3. The molecule has 0 saturated carbocycles. The van der Waals surface area contributed by atoms with Gasteiger partial charge in [-0.2, -0.15) is 18.4 Å². The lowest BCUT2D eigenvalue weighted by Gasteiger charge is -2.17. The van der Waals surface area contributed by atoms with Crippen molar-refractivity contribution < 1.29 is 13.2 Å². The van der Waals surface area contributed by atoms with Crippen LogP contribution in [0.4, 0.5) is 19.0 Å². The molecule has 0 amide bonds. The summed E-state index contributed by atoms with van der Waals surface area (Å²) in [5, 5.41) is 12.3. The first-order valence-corrected chi connectivity index (χ1v) is 7.80. The van der Waals surface area contributed by atoms with E-state index in [2.05, 4.69) is 16.4 Å². The number of halogens is 3. The number of fused-ring (bicyclic) bond motifs is 1. The van der Waals surface area contributed by atoms with E-state index in [1.165, 1.54) is 6.07 Å². The van der Waals surface area contributed by atoms with Crippen molar-refractivity contribution in [1.82, 2.24) is 4.98 Å². The molecule has 1 aliphatic rings. The standard InChI is InChI=1S/C18H16F3N3/c19-18(20,21)15-6-3-4-12(8-15)11-23-17-14(10-22)9-13-5-1-2-7-16(13)24-17/h3-4,6,8-9H,1-2,5,7,11H2,(H,23,24). The summed E-state index contributed by atoms with van der Waals surface area (Å²) in [6.45, 7) is 0.185. The molecule has 0 spiro atoms. The van der Waals surface area contributed by atoms with E-state index >= 15 is 0 Å². The van der Waals surface area contributed by atoms with Gasteiger partial charge in [0.05, 0.1) is 11.1 Å². The summed E-state index contributed by atoms with van der Waals surface area (Å²) in [6, 6.07) is 9.11. The van der Waals surface area contributed by atoms with Crippen LogP contribution in [0.2, 0.25) is 0 Å². The van der Waals surface area contributed by atoms with Crippen LogP contribution >= 0.6 is 0 Å². The van der Waals surface area contributed by atoms with Gasteiger partial charge in [0.15, 0.2) is 0 Å². The van der Waals surface area contributed by atoms with Gasteiger partial charge in [0.25, 0.3) is 0 Å². The predicted octanol–water partition coefficient (Wildman–Crippen LogP) is 4.46. The van der Waals surface area contributed by atoms with E-state index in [1.807, 2.05) is 6.07 Å². The molecule has 2 aromatic rings. The highest BCUT2D eigenvalue weighted by molar-refractivity contribution is 5.55. The minimum absolute atomic E-state index is 0.185. The third kappa shape index (κ3) is 3.51. The van der Waals surface area contributed by atoms with Gasteiger partial charge in [0.1, 0.15) is 11.9 Å². The molecule has 0 fully saturated rings. The summed E-state index contributed by atoms with van der Waals surface area (Å²) in [5.74, 6) is 0.440. The van der Waals surface area contributed by atoms with Crippen molar-refractivity contribution in [3.8, 4) is 6.07 Å². The lowest BCUT2D eigenvalue weighted by molar-refractivity contribution is -0.137. The van der Waals surface area contributed by atoms with Crippen molar-refractivity contribution >= 4 is 5.82 Å². The minimum Gasteiger partial charge on any atom is -0.365 e. The first kappa shape index (κ1) is 16.3. The van der Waals surface area contributed by atoms with E-state index in [-0.39, 0.29) is 6.54 Å². The van der Waals surface area contributed by atoms with E-state index in [0.29, 0.717) is 16.9 Å². The summed E-state index contributed by atoms with van der Waals surface area (Å²) in [6.07, 6.45) is -0.405. The van der Waals surface area contributed by atoms with Crippen LogP contribution in [0.5, 0.6) is 0 Å². The van der Waals surface area contributed by atoms with Gasteiger partial charge in [0.2, 0.25) is 0 Å². The highest BCUT2D eigenvalue weighted by Gasteiger charge is 2.30. The third-order valence-corrected chi connectivity index (χ3v) is 4.14. The van der Waals surface area contributed by atoms with Crippen molar-refractivity contribution in [2.75, 3.05) is 5.32 Å². The van der Waals surface area contributed by atoms with Gasteiger partial charge in [-0.1, -0.05) is 12.1 Å². The first-order valence-electron chi connectivity index (χ1n) is 7.80. The molecule has 124 valence electrons. The Morgan fingerprint density at radius 2 is 1.96 bits per heavy atom. The monoisotopic (exact) mass is 331 g/mol. The average molecular weight is 331 g/mol. The molecule has 1 N–H and O–H groups in total. The van der Waals surface area contributed by atoms with Crippen molar-refractivity contribution in [2.45, 2.75) is 38.4 Å². The van der Waals surface area contributed by atoms with Gasteiger partial charge in [-0.05, 0) is 55.0 Å². The number of nitrogens with zero attached hydrogens (tertiary/aromatic N) is 2. The number of hydrogen-bond acceptors (Lipinski definition) is 3. The van der Waals surface area contributed by atoms with Gasteiger partial charge >= 0.3 is 6.18 Å². The normalized spacial score (nSPS) is 13.9. The smallest absolute Gasteiger partial charge is 0.365 e. The van der Waals surface area contributed by atoms with Gasteiger partial charge < -0.3 is 5.32 Å². The molecule has 0 unspecified atom stereocenters. The van der Waals surface area contributed by atoms with E-state index in [9.17, 15) is 18.4 Å². The Morgan fingerprint density at radius 3 is 2.71 bits per heavy atom. The molecule has 3 nitrogen and oxygen atoms in total. The highest BCUT2D eigenvalue weighted by atomic mass is 19.4. The maximum absolute atomic E-state index is 12.8. The lowest BCUT2D eigenvalue weighted by Crippen LogP contribution is -2.11. The summed E-state index contributed by atoms with van der Waals surface area (Å²) < 4.78 is 38.3. The number of benzene rings is 1. The van der Waals surface area contributed by atoms with Crippen LogP contribution in [-0.4, -0.2) is 4.98 Å². The minimum atomic E-state index is -4.36. The van der Waals surface area contributed by atoms with Crippen LogP contribution in [-0.2, 0) is 25.6 Å². The Labute approximate surface area is 138 Å². The molecule has 0 atom stereocenters. The molecular weight excluding hydrogens is 315 g/mol. The number of alkyl halides is 3. The number of aromatic nitrogens is 1. The SMILES string of the molecule is N#Cc1cc2c(nc1NCc1cccc(C(F)(F)F)c1)CCCC2. The maximum Gasteiger partial charge on any atom is 0.416 e. The largest absolute Gasteiger partial charge is 0.416 e. The number of anilines is 1. The van der Waals surface area contributed by atoms with Crippen LogP contribution in [0.15, 0.2) is 30.3 Å². The molecule has 6 heteroatoms.